The fourth-order valence-corrected chi connectivity index (χ4v) is 2.63. The van der Waals surface area contributed by atoms with Crippen molar-refractivity contribution in [2.75, 3.05) is 6.54 Å². The number of aromatic amines is 1. The van der Waals surface area contributed by atoms with Crippen molar-refractivity contribution in [2.45, 2.75) is 19.9 Å². The molecule has 0 bridgehead atoms. The van der Waals surface area contributed by atoms with Crippen molar-refractivity contribution in [3.63, 3.8) is 0 Å². The normalized spacial score (nSPS) is 10.9. The van der Waals surface area contributed by atoms with Gasteiger partial charge in [0.2, 0.25) is 12.2 Å². The van der Waals surface area contributed by atoms with Gasteiger partial charge in [0.25, 0.3) is 0 Å². The highest BCUT2D eigenvalue weighted by Gasteiger charge is 2.15. The fourth-order valence-electron chi connectivity index (χ4n) is 2.63. The van der Waals surface area contributed by atoms with E-state index in [1.165, 1.54) is 11.9 Å². The number of para-hydroxylation sites is 1. The van der Waals surface area contributed by atoms with E-state index < -0.39 is 10.9 Å². The van der Waals surface area contributed by atoms with Gasteiger partial charge in [-0.2, -0.15) is 4.68 Å². The number of H-pyrrole nitrogens is 1. The number of nitrogens with one attached hydrogen (secondary N) is 2. The number of carbonyl (C=O) groups excluding carboxylic acids is 1. The summed E-state index contributed by atoms with van der Waals surface area (Å²) in [5, 5.41) is 18.0. The molecule has 0 spiro atoms. The van der Waals surface area contributed by atoms with Crippen LogP contribution < -0.4 is 5.32 Å². The molecule has 1 amide bonds. The number of benzene rings is 1. The Bertz CT molecular complexity index is 898. The molecular weight excluding hydrogens is 312 g/mol. The summed E-state index contributed by atoms with van der Waals surface area (Å²) in [7, 11) is 0. The molecule has 0 fully saturated rings. The zero-order valence-corrected chi connectivity index (χ0v) is 13.0. The molecule has 0 unspecified atom stereocenters. The van der Waals surface area contributed by atoms with Crippen LogP contribution in [-0.2, 0) is 17.8 Å². The highest BCUT2D eigenvalue weighted by Crippen LogP contribution is 2.21. The van der Waals surface area contributed by atoms with Crippen LogP contribution in [0.15, 0.2) is 30.6 Å². The Labute approximate surface area is 136 Å². The molecule has 3 rings (SSSR count). The predicted octanol–water partition coefficient (Wildman–Crippen LogP) is 1.33. The summed E-state index contributed by atoms with van der Waals surface area (Å²) >= 11 is 0. The van der Waals surface area contributed by atoms with Crippen LogP contribution in [0, 0.1) is 17.0 Å². The van der Waals surface area contributed by atoms with Crippen molar-refractivity contribution < 1.29 is 9.72 Å². The standard InChI is InChI=1S/C15H16N6O3/c1-10-11(12-4-2-3-5-13(12)18-10)6-7-16-14(22)8-20-9-17-15(19-20)21(23)24/h2-5,9,18H,6-8H2,1H3,(H,16,22). The third kappa shape index (κ3) is 3.24. The van der Waals surface area contributed by atoms with Crippen molar-refractivity contribution in [2.24, 2.45) is 0 Å². The molecule has 0 aliphatic heterocycles. The average molecular weight is 328 g/mol. The predicted molar refractivity (Wildman–Crippen MR) is 86.4 cm³/mol. The summed E-state index contributed by atoms with van der Waals surface area (Å²) in [6, 6.07) is 8.02. The molecule has 2 N–H and O–H groups in total. The molecule has 0 aliphatic rings. The minimum absolute atomic E-state index is 0.103. The Morgan fingerprint density at radius 1 is 1.42 bits per heavy atom. The molecule has 24 heavy (non-hydrogen) atoms. The molecule has 9 heteroatoms. The van der Waals surface area contributed by atoms with E-state index in [-0.39, 0.29) is 12.5 Å². The summed E-state index contributed by atoms with van der Waals surface area (Å²) in [5.41, 5.74) is 3.32. The van der Waals surface area contributed by atoms with Crippen molar-refractivity contribution in [3.8, 4) is 0 Å². The Hall–Kier alpha value is -3.23. The lowest BCUT2D eigenvalue weighted by molar-refractivity contribution is -0.394. The van der Waals surface area contributed by atoms with Crippen LogP contribution >= 0.6 is 0 Å². The number of carbonyl (C=O) groups is 1. The van der Waals surface area contributed by atoms with Crippen molar-refractivity contribution in [1.82, 2.24) is 25.1 Å². The van der Waals surface area contributed by atoms with Crippen LogP contribution in [0.25, 0.3) is 10.9 Å². The highest BCUT2D eigenvalue weighted by molar-refractivity contribution is 5.84. The van der Waals surface area contributed by atoms with Crippen LogP contribution in [0.3, 0.4) is 0 Å². The minimum atomic E-state index is -0.700. The smallest absolute Gasteiger partial charge is 0.390 e. The van der Waals surface area contributed by atoms with Crippen LogP contribution in [0.2, 0.25) is 0 Å². The molecule has 0 radical (unpaired) electrons. The van der Waals surface area contributed by atoms with Gasteiger partial charge < -0.3 is 20.4 Å². The second-order valence-corrected chi connectivity index (χ2v) is 5.37. The van der Waals surface area contributed by atoms with E-state index in [2.05, 4.69) is 20.4 Å². The van der Waals surface area contributed by atoms with Gasteiger partial charge in [0.1, 0.15) is 6.54 Å². The van der Waals surface area contributed by atoms with E-state index >= 15 is 0 Å². The van der Waals surface area contributed by atoms with Gasteiger partial charge in [-0.25, -0.2) is 0 Å². The number of aromatic nitrogens is 4. The number of rotatable bonds is 6. The van der Waals surface area contributed by atoms with Crippen molar-refractivity contribution >= 4 is 22.8 Å². The minimum Gasteiger partial charge on any atom is -0.390 e. The maximum absolute atomic E-state index is 11.9. The first kappa shape index (κ1) is 15.7. The van der Waals surface area contributed by atoms with Gasteiger partial charge in [-0.3, -0.25) is 4.79 Å². The van der Waals surface area contributed by atoms with Crippen LogP contribution in [-0.4, -0.2) is 37.1 Å². The monoisotopic (exact) mass is 328 g/mol. The van der Waals surface area contributed by atoms with Gasteiger partial charge in [-0.15, -0.1) is 0 Å². The summed E-state index contributed by atoms with van der Waals surface area (Å²) in [4.78, 5) is 28.5. The highest BCUT2D eigenvalue weighted by atomic mass is 16.6. The number of hydrogen-bond acceptors (Lipinski definition) is 5. The second-order valence-electron chi connectivity index (χ2n) is 5.37. The molecule has 3 aromatic rings. The summed E-state index contributed by atoms with van der Waals surface area (Å²) < 4.78 is 1.14. The SMILES string of the molecule is Cc1[nH]c2ccccc2c1CCNC(=O)Cn1cnc([N+](=O)[O-])n1. The zero-order chi connectivity index (χ0) is 17.1. The van der Waals surface area contributed by atoms with Gasteiger partial charge in [-0.05, 0) is 29.9 Å². The zero-order valence-electron chi connectivity index (χ0n) is 13.0. The lowest BCUT2D eigenvalue weighted by Crippen LogP contribution is -2.29. The Morgan fingerprint density at radius 3 is 2.96 bits per heavy atom. The summed E-state index contributed by atoms with van der Waals surface area (Å²) in [5.74, 6) is -0.787. The molecular formula is C15H16N6O3. The molecule has 9 nitrogen and oxygen atoms in total. The number of aryl methyl sites for hydroxylation is 1. The number of amides is 1. The molecule has 0 saturated heterocycles. The van der Waals surface area contributed by atoms with E-state index in [1.807, 2.05) is 31.2 Å². The lowest BCUT2D eigenvalue weighted by atomic mass is 10.1. The van der Waals surface area contributed by atoms with E-state index in [9.17, 15) is 14.9 Å². The second kappa shape index (κ2) is 6.49. The number of fused-ring (bicyclic) bond motifs is 1. The van der Waals surface area contributed by atoms with E-state index in [0.717, 1.165) is 21.3 Å². The summed E-state index contributed by atoms with van der Waals surface area (Å²) in [6.07, 6.45) is 1.86. The fraction of sp³-hybridized carbons (Fsp3) is 0.267. The number of nitro groups is 1. The third-order valence-corrected chi connectivity index (χ3v) is 3.72. The van der Waals surface area contributed by atoms with E-state index in [4.69, 9.17) is 0 Å². The van der Waals surface area contributed by atoms with Gasteiger partial charge in [0, 0.05) is 28.2 Å². The summed E-state index contributed by atoms with van der Waals surface area (Å²) in [6.45, 7) is 2.37. The molecule has 1 aromatic carbocycles. The van der Waals surface area contributed by atoms with Gasteiger partial charge in [-0.1, -0.05) is 23.2 Å². The van der Waals surface area contributed by atoms with Crippen molar-refractivity contribution in [1.29, 1.82) is 0 Å². The van der Waals surface area contributed by atoms with Crippen LogP contribution in [0.4, 0.5) is 5.95 Å². The quantitative estimate of drug-likeness (QED) is 0.523. The first-order valence-electron chi connectivity index (χ1n) is 7.41. The Balaban J connectivity index is 1.56. The third-order valence-electron chi connectivity index (χ3n) is 3.72. The molecule has 2 aromatic heterocycles. The first-order chi connectivity index (χ1) is 11.5. The van der Waals surface area contributed by atoms with Crippen LogP contribution in [0.1, 0.15) is 11.3 Å². The van der Waals surface area contributed by atoms with Gasteiger partial charge in [0.15, 0.2) is 0 Å². The maximum atomic E-state index is 11.9. The Morgan fingerprint density at radius 2 is 2.21 bits per heavy atom. The largest absolute Gasteiger partial charge is 0.490 e. The molecule has 0 atom stereocenters. The van der Waals surface area contributed by atoms with Gasteiger partial charge in [0.05, 0.1) is 0 Å². The Kier molecular flexibility index (Phi) is 4.23. The lowest BCUT2D eigenvalue weighted by Gasteiger charge is -2.04. The molecule has 2 heterocycles. The number of nitrogens with zero attached hydrogens (tertiary/aromatic N) is 4. The molecule has 124 valence electrons. The molecule has 0 aliphatic carbocycles. The van der Waals surface area contributed by atoms with E-state index in [0.29, 0.717) is 13.0 Å². The van der Waals surface area contributed by atoms with Crippen molar-refractivity contribution in [3.05, 3.63) is 52.0 Å². The van der Waals surface area contributed by atoms with Gasteiger partial charge >= 0.3 is 5.95 Å². The first-order valence-corrected chi connectivity index (χ1v) is 7.41. The molecule has 0 saturated carbocycles. The number of hydrogen-bond donors (Lipinski definition) is 2. The van der Waals surface area contributed by atoms with Crippen LogP contribution in [0.5, 0.6) is 0 Å². The average Bonchev–Trinajstić information content (AvgIpc) is 3.12. The van der Waals surface area contributed by atoms with E-state index in [1.54, 1.807) is 0 Å². The topological polar surface area (TPSA) is 119 Å². The maximum Gasteiger partial charge on any atom is 0.490 e.